The first-order chi connectivity index (χ1) is 13.2. The normalized spacial score (nSPS) is 10.3. The first kappa shape index (κ1) is 18.3. The van der Waals surface area contributed by atoms with Gasteiger partial charge in [-0.15, -0.1) is 0 Å². The fourth-order valence-electron chi connectivity index (χ4n) is 2.67. The lowest BCUT2D eigenvalue weighted by molar-refractivity contribution is 0.0950. The minimum Gasteiger partial charge on any atom is -0.348 e. The highest BCUT2D eigenvalue weighted by Crippen LogP contribution is 2.16. The Labute approximate surface area is 157 Å². The van der Waals surface area contributed by atoms with Gasteiger partial charge in [-0.2, -0.15) is 0 Å². The Hall–Kier alpha value is -3.54. The summed E-state index contributed by atoms with van der Waals surface area (Å²) < 4.78 is 0. The minimum absolute atomic E-state index is 0.231. The van der Waals surface area contributed by atoms with Crippen molar-refractivity contribution in [2.45, 2.75) is 13.5 Å². The van der Waals surface area contributed by atoms with Crippen LogP contribution in [0.5, 0.6) is 0 Å². The van der Waals surface area contributed by atoms with Crippen LogP contribution in [0, 0.1) is 0 Å². The zero-order valence-corrected chi connectivity index (χ0v) is 15.0. The molecule has 1 N–H and O–H groups in total. The molecule has 2 aromatic heterocycles. The number of carbonyl (C=O) groups is 2. The number of para-hydroxylation sites is 1. The van der Waals surface area contributed by atoms with E-state index in [2.05, 4.69) is 15.3 Å². The van der Waals surface area contributed by atoms with Crippen LogP contribution in [-0.4, -0.2) is 28.3 Å². The molecule has 0 aliphatic heterocycles. The molecule has 0 aliphatic rings. The molecular weight excluding hydrogens is 340 g/mol. The van der Waals surface area contributed by atoms with Crippen molar-refractivity contribution >= 4 is 17.5 Å². The van der Waals surface area contributed by atoms with Gasteiger partial charge in [0.1, 0.15) is 5.69 Å². The molecule has 6 nitrogen and oxygen atoms in total. The number of nitrogens with zero attached hydrogens (tertiary/aromatic N) is 3. The fraction of sp³-hybridized carbons (Fsp3) is 0.143. The highest BCUT2D eigenvalue weighted by molar-refractivity contribution is 6.06. The Bertz CT molecular complexity index is 914. The fourth-order valence-corrected chi connectivity index (χ4v) is 2.67. The molecule has 136 valence electrons. The third kappa shape index (κ3) is 4.55. The summed E-state index contributed by atoms with van der Waals surface area (Å²) in [5.41, 5.74) is 2.31. The zero-order valence-electron chi connectivity index (χ0n) is 15.0. The van der Waals surface area contributed by atoms with Crippen LogP contribution in [0.1, 0.15) is 33.3 Å². The van der Waals surface area contributed by atoms with Crippen molar-refractivity contribution in [3.05, 3.63) is 90.0 Å². The maximum Gasteiger partial charge on any atom is 0.276 e. The molecule has 0 aliphatic carbocycles. The second-order valence-electron chi connectivity index (χ2n) is 5.86. The number of anilines is 1. The van der Waals surface area contributed by atoms with Crippen molar-refractivity contribution in [3.8, 4) is 0 Å². The number of aromatic nitrogens is 2. The lowest BCUT2D eigenvalue weighted by Gasteiger charge is -2.20. The number of pyridine rings is 2. The van der Waals surface area contributed by atoms with E-state index in [4.69, 9.17) is 0 Å². The van der Waals surface area contributed by atoms with Gasteiger partial charge in [0.25, 0.3) is 11.8 Å². The summed E-state index contributed by atoms with van der Waals surface area (Å²) in [5.74, 6) is -0.510. The molecule has 6 heteroatoms. The van der Waals surface area contributed by atoms with Crippen LogP contribution in [-0.2, 0) is 6.54 Å². The Morgan fingerprint density at radius 3 is 2.56 bits per heavy atom. The van der Waals surface area contributed by atoms with Crippen LogP contribution in [0.25, 0.3) is 0 Å². The first-order valence-electron chi connectivity index (χ1n) is 8.69. The third-order valence-corrected chi connectivity index (χ3v) is 4.05. The highest BCUT2D eigenvalue weighted by Gasteiger charge is 2.18. The molecule has 0 spiro atoms. The lowest BCUT2D eigenvalue weighted by atomic mass is 10.2. The van der Waals surface area contributed by atoms with Crippen molar-refractivity contribution in [1.29, 1.82) is 0 Å². The summed E-state index contributed by atoms with van der Waals surface area (Å²) in [6.07, 6.45) is 4.85. The second-order valence-corrected chi connectivity index (χ2v) is 5.86. The van der Waals surface area contributed by atoms with Gasteiger partial charge < -0.3 is 10.2 Å². The van der Waals surface area contributed by atoms with Gasteiger partial charge in [-0.05, 0) is 42.8 Å². The minimum atomic E-state index is -0.266. The number of rotatable bonds is 6. The number of hydrogen-bond donors (Lipinski definition) is 1. The van der Waals surface area contributed by atoms with E-state index >= 15 is 0 Å². The molecule has 0 saturated heterocycles. The molecule has 1 aromatic carbocycles. The highest BCUT2D eigenvalue weighted by atomic mass is 16.2. The van der Waals surface area contributed by atoms with Crippen molar-refractivity contribution < 1.29 is 9.59 Å². The number of hydrogen-bond acceptors (Lipinski definition) is 4. The van der Waals surface area contributed by atoms with Crippen molar-refractivity contribution in [2.75, 3.05) is 11.4 Å². The molecule has 0 unspecified atom stereocenters. The van der Waals surface area contributed by atoms with Gasteiger partial charge >= 0.3 is 0 Å². The van der Waals surface area contributed by atoms with E-state index in [1.807, 2.05) is 49.4 Å². The summed E-state index contributed by atoms with van der Waals surface area (Å²) in [6.45, 7) is 2.76. The second kappa shape index (κ2) is 8.71. The van der Waals surface area contributed by atoms with E-state index < -0.39 is 0 Å². The zero-order chi connectivity index (χ0) is 19.1. The van der Waals surface area contributed by atoms with Crippen molar-refractivity contribution in [1.82, 2.24) is 15.3 Å². The van der Waals surface area contributed by atoms with Crippen LogP contribution in [0.4, 0.5) is 5.69 Å². The molecule has 2 amide bonds. The average Bonchev–Trinajstić information content (AvgIpc) is 2.74. The predicted molar refractivity (Wildman–Crippen MR) is 103 cm³/mol. The maximum absolute atomic E-state index is 12.9. The van der Waals surface area contributed by atoms with Crippen molar-refractivity contribution in [2.24, 2.45) is 0 Å². The Morgan fingerprint density at radius 1 is 1.04 bits per heavy atom. The van der Waals surface area contributed by atoms with Gasteiger partial charge in [-0.1, -0.05) is 24.3 Å². The molecule has 0 fully saturated rings. The van der Waals surface area contributed by atoms with Gasteiger partial charge in [-0.25, -0.2) is 0 Å². The molecule has 0 saturated carbocycles. The summed E-state index contributed by atoms with van der Waals surface area (Å²) in [4.78, 5) is 35.1. The number of carbonyl (C=O) groups excluding carboxylic acids is 2. The first-order valence-corrected chi connectivity index (χ1v) is 8.69. The molecule has 27 heavy (non-hydrogen) atoms. The summed E-state index contributed by atoms with van der Waals surface area (Å²) >= 11 is 0. The summed E-state index contributed by atoms with van der Waals surface area (Å²) in [7, 11) is 0. The standard InChI is InChI=1S/C21H20N4O2/c1-2-25(18-8-4-3-5-9-18)21(27)19-13-17(10-12-23-19)20(26)24-15-16-7-6-11-22-14-16/h3-14H,2,15H2,1H3,(H,24,26). The Kier molecular flexibility index (Phi) is 5.89. The van der Waals surface area contributed by atoms with E-state index in [-0.39, 0.29) is 17.5 Å². The quantitative estimate of drug-likeness (QED) is 0.733. The van der Waals surface area contributed by atoms with Crippen molar-refractivity contribution in [3.63, 3.8) is 0 Å². The number of benzene rings is 1. The Morgan fingerprint density at radius 2 is 1.85 bits per heavy atom. The molecule has 0 atom stereocenters. The monoisotopic (exact) mass is 360 g/mol. The van der Waals surface area contributed by atoms with Gasteiger partial charge in [0.05, 0.1) is 0 Å². The SMILES string of the molecule is CCN(C(=O)c1cc(C(=O)NCc2cccnc2)ccn1)c1ccccc1. The Balaban J connectivity index is 1.74. The molecule has 3 aromatic rings. The van der Waals surface area contributed by atoms with Crippen LogP contribution < -0.4 is 10.2 Å². The number of amides is 2. The molecule has 3 rings (SSSR count). The lowest BCUT2D eigenvalue weighted by Crippen LogP contribution is -2.31. The van der Waals surface area contributed by atoms with Crippen LogP contribution >= 0.6 is 0 Å². The average molecular weight is 360 g/mol. The van der Waals surface area contributed by atoms with E-state index in [0.29, 0.717) is 18.7 Å². The third-order valence-electron chi connectivity index (χ3n) is 4.05. The van der Waals surface area contributed by atoms with E-state index in [1.54, 1.807) is 23.4 Å². The topological polar surface area (TPSA) is 75.2 Å². The van der Waals surface area contributed by atoms with E-state index in [9.17, 15) is 9.59 Å². The predicted octanol–water partition coefficient (Wildman–Crippen LogP) is 3.07. The molecular formula is C21H20N4O2. The molecule has 2 heterocycles. The van der Waals surface area contributed by atoms with Gasteiger partial charge in [0, 0.05) is 42.9 Å². The summed E-state index contributed by atoms with van der Waals surface area (Å²) in [6, 6.07) is 16.2. The maximum atomic E-state index is 12.9. The van der Waals surface area contributed by atoms with Gasteiger partial charge in [0.2, 0.25) is 0 Å². The van der Waals surface area contributed by atoms with Gasteiger partial charge in [-0.3, -0.25) is 19.6 Å². The van der Waals surface area contributed by atoms with Crippen LogP contribution in [0.3, 0.4) is 0 Å². The van der Waals surface area contributed by atoms with Crippen LogP contribution in [0.15, 0.2) is 73.2 Å². The van der Waals surface area contributed by atoms with E-state index in [1.165, 1.54) is 12.3 Å². The smallest absolute Gasteiger partial charge is 0.276 e. The number of nitrogens with one attached hydrogen (secondary N) is 1. The van der Waals surface area contributed by atoms with E-state index in [0.717, 1.165) is 11.3 Å². The largest absolute Gasteiger partial charge is 0.348 e. The van der Waals surface area contributed by atoms with Gasteiger partial charge in [0.15, 0.2) is 0 Å². The summed E-state index contributed by atoms with van der Waals surface area (Å²) in [5, 5.41) is 2.82. The van der Waals surface area contributed by atoms with Crippen LogP contribution in [0.2, 0.25) is 0 Å². The molecule has 0 bridgehead atoms. The molecule has 0 radical (unpaired) electrons.